The molecule has 1 saturated heterocycles. The fourth-order valence-electron chi connectivity index (χ4n) is 3.51. The minimum Gasteiger partial charge on any atom is -0.485 e. The number of anilines is 1. The Bertz CT molecular complexity index is 1010. The van der Waals surface area contributed by atoms with E-state index in [2.05, 4.69) is 10.9 Å². The number of nitrogens with one attached hydrogen (secondary N) is 2. The summed E-state index contributed by atoms with van der Waals surface area (Å²) in [6.45, 7) is 4.46. The van der Waals surface area contributed by atoms with Crippen LogP contribution in [0.25, 0.3) is 0 Å². The number of nitrogens with zero attached hydrogens (tertiary/aromatic N) is 1. The van der Waals surface area contributed by atoms with Crippen LogP contribution in [-0.4, -0.2) is 37.0 Å². The van der Waals surface area contributed by atoms with Gasteiger partial charge in [-0.3, -0.25) is 25.2 Å². The summed E-state index contributed by atoms with van der Waals surface area (Å²) in [4.78, 5) is 39.2. The Morgan fingerprint density at radius 3 is 2.50 bits per heavy atom. The lowest BCUT2D eigenvalue weighted by Gasteiger charge is -2.25. The highest BCUT2D eigenvalue weighted by atomic mass is 16.6. The largest absolute Gasteiger partial charge is 0.485 e. The fourth-order valence-corrected chi connectivity index (χ4v) is 3.51. The second kappa shape index (κ2) is 8.06. The van der Waals surface area contributed by atoms with E-state index < -0.39 is 23.8 Å². The van der Waals surface area contributed by atoms with Gasteiger partial charge in [0.05, 0.1) is 0 Å². The summed E-state index contributed by atoms with van der Waals surface area (Å²) in [6.07, 6.45) is -0.518. The average Bonchev–Trinajstić information content (AvgIpc) is 3.14. The Morgan fingerprint density at radius 1 is 1.00 bits per heavy atom. The number of hydrogen-bond donors (Lipinski definition) is 2. The average molecular weight is 409 g/mol. The topological polar surface area (TPSA) is 97.0 Å². The number of hydrazine groups is 1. The SMILES string of the molecule is Cc1ccc(N2CC[C@H](C(=O)NNC(=O)[C@@H]3COc4ccccc4O3)C2=O)cc1C. The van der Waals surface area contributed by atoms with E-state index in [0.717, 1.165) is 16.8 Å². The van der Waals surface area contributed by atoms with E-state index in [0.29, 0.717) is 24.5 Å². The van der Waals surface area contributed by atoms with Gasteiger partial charge in [-0.25, -0.2) is 0 Å². The van der Waals surface area contributed by atoms with Gasteiger partial charge in [0.1, 0.15) is 12.5 Å². The van der Waals surface area contributed by atoms with E-state index in [1.54, 1.807) is 23.1 Å². The molecule has 8 nitrogen and oxygen atoms in total. The molecule has 156 valence electrons. The standard InChI is InChI=1S/C22H23N3O5/c1-13-7-8-15(11-14(13)2)25-10-9-16(22(25)28)20(26)23-24-21(27)19-12-29-17-5-3-4-6-18(17)30-19/h3-8,11,16,19H,9-10,12H2,1-2H3,(H,23,26)(H,24,27)/t16-,19+/m1/s1. The lowest BCUT2D eigenvalue weighted by Crippen LogP contribution is -2.52. The van der Waals surface area contributed by atoms with E-state index in [9.17, 15) is 14.4 Å². The maximum Gasteiger partial charge on any atom is 0.283 e. The molecule has 4 rings (SSSR count). The van der Waals surface area contributed by atoms with E-state index in [-0.39, 0.29) is 12.5 Å². The van der Waals surface area contributed by atoms with Crippen molar-refractivity contribution >= 4 is 23.4 Å². The van der Waals surface area contributed by atoms with Crippen molar-refractivity contribution in [2.45, 2.75) is 26.4 Å². The molecule has 1 fully saturated rings. The minimum absolute atomic E-state index is 0.0294. The Kier molecular flexibility index (Phi) is 5.31. The highest BCUT2D eigenvalue weighted by molar-refractivity contribution is 6.09. The van der Waals surface area contributed by atoms with Gasteiger partial charge in [-0.05, 0) is 55.7 Å². The molecule has 2 atom stereocenters. The minimum atomic E-state index is -0.897. The number of para-hydroxylation sites is 2. The Balaban J connectivity index is 1.33. The molecule has 0 unspecified atom stereocenters. The zero-order valence-electron chi connectivity index (χ0n) is 16.8. The lowest BCUT2D eigenvalue weighted by molar-refractivity contribution is -0.138. The van der Waals surface area contributed by atoms with Crippen molar-refractivity contribution in [3.05, 3.63) is 53.6 Å². The highest BCUT2D eigenvalue weighted by Crippen LogP contribution is 2.31. The summed E-state index contributed by atoms with van der Waals surface area (Å²) >= 11 is 0. The molecule has 0 aromatic heterocycles. The molecule has 2 N–H and O–H groups in total. The summed E-state index contributed by atoms with van der Waals surface area (Å²) in [5.41, 5.74) is 7.67. The number of fused-ring (bicyclic) bond motifs is 1. The van der Waals surface area contributed by atoms with E-state index >= 15 is 0 Å². The summed E-state index contributed by atoms with van der Waals surface area (Å²) < 4.78 is 11.1. The molecule has 30 heavy (non-hydrogen) atoms. The van der Waals surface area contributed by atoms with Gasteiger partial charge in [-0.1, -0.05) is 18.2 Å². The molecule has 2 aromatic carbocycles. The van der Waals surface area contributed by atoms with Gasteiger partial charge in [0.2, 0.25) is 12.0 Å². The van der Waals surface area contributed by atoms with Crippen LogP contribution in [0.15, 0.2) is 42.5 Å². The van der Waals surface area contributed by atoms with Crippen LogP contribution < -0.4 is 25.2 Å². The normalized spacial score (nSPS) is 20.1. The molecule has 0 aliphatic carbocycles. The van der Waals surface area contributed by atoms with Gasteiger partial charge in [-0.15, -0.1) is 0 Å². The molecule has 2 aliphatic heterocycles. The van der Waals surface area contributed by atoms with Gasteiger partial charge >= 0.3 is 0 Å². The van der Waals surface area contributed by atoms with Crippen LogP contribution in [0.5, 0.6) is 11.5 Å². The summed E-state index contributed by atoms with van der Waals surface area (Å²) in [6, 6.07) is 12.8. The lowest BCUT2D eigenvalue weighted by atomic mass is 10.1. The summed E-state index contributed by atoms with van der Waals surface area (Å²) in [7, 11) is 0. The number of amides is 3. The first kappa shape index (κ1) is 19.8. The molecule has 2 aliphatic rings. The van der Waals surface area contributed by atoms with Crippen molar-refractivity contribution in [1.29, 1.82) is 0 Å². The third kappa shape index (κ3) is 3.80. The van der Waals surface area contributed by atoms with Crippen LogP contribution >= 0.6 is 0 Å². The second-order valence-electron chi connectivity index (χ2n) is 7.44. The van der Waals surface area contributed by atoms with Crippen molar-refractivity contribution in [3.8, 4) is 11.5 Å². The molecular weight excluding hydrogens is 386 g/mol. The van der Waals surface area contributed by atoms with Crippen molar-refractivity contribution in [2.24, 2.45) is 5.92 Å². The van der Waals surface area contributed by atoms with Crippen molar-refractivity contribution < 1.29 is 23.9 Å². The van der Waals surface area contributed by atoms with Gasteiger partial charge in [0.15, 0.2) is 11.5 Å². The van der Waals surface area contributed by atoms with Crippen LogP contribution in [0.4, 0.5) is 5.69 Å². The zero-order valence-corrected chi connectivity index (χ0v) is 16.8. The molecule has 2 aromatic rings. The van der Waals surface area contributed by atoms with Crippen molar-refractivity contribution in [2.75, 3.05) is 18.1 Å². The van der Waals surface area contributed by atoms with Gasteiger partial charge < -0.3 is 14.4 Å². The Morgan fingerprint density at radius 2 is 1.73 bits per heavy atom. The smallest absolute Gasteiger partial charge is 0.283 e. The summed E-state index contributed by atoms with van der Waals surface area (Å²) in [5, 5.41) is 0. The van der Waals surface area contributed by atoms with Crippen LogP contribution in [-0.2, 0) is 14.4 Å². The van der Waals surface area contributed by atoms with Crippen LogP contribution in [0.3, 0.4) is 0 Å². The van der Waals surface area contributed by atoms with Crippen molar-refractivity contribution in [3.63, 3.8) is 0 Å². The molecular formula is C22H23N3O5. The number of carbonyl (C=O) groups excluding carboxylic acids is 3. The Hall–Kier alpha value is -3.55. The predicted octanol–water partition coefficient (Wildman–Crippen LogP) is 1.64. The number of hydrogen-bond acceptors (Lipinski definition) is 5. The first-order valence-corrected chi connectivity index (χ1v) is 9.81. The maximum absolute atomic E-state index is 12.7. The molecule has 0 radical (unpaired) electrons. The zero-order chi connectivity index (χ0) is 21.3. The molecule has 8 heteroatoms. The third-order valence-electron chi connectivity index (χ3n) is 5.43. The van der Waals surface area contributed by atoms with Gasteiger partial charge in [0, 0.05) is 12.2 Å². The number of benzene rings is 2. The third-order valence-corrected chi connectivity index (χ3v) is 5.43. The second-order valence-corrected chi connectivity index (χ2v) is 7.44. The molecule has 0 spiro atoms. The highest BCUT2D eigenvalue weighted by Gasteiger charge is 2.38. The fraction of sp³-hybridized carbons (Fsp3) is 0.318. The molecule has 2 heterocycles. The van der Waals surface area contributed by atoms with E-state index in [1.807, 2.05) is 38.1 Å². The van der Waals surface area contributed by atoms with Crippen LogP contribution in [0.1, 0.15) is 17.5 Å². The number of ether oxygens (including phenoxy) is 2. The first-order valence-electron chi connectivity index (χ1n) is 9.81. The number of aryl methyl sites for hydroxylation is 2. The maximum atomic E-state index is 12.7. The molecule has 3 amide bonds. The Labute approximate surface area is 174 Å². The molecule has 0 saturated carbocycles. The molecule has 0 bridgehead atoms. The van der Waals surface area contributed by atoms with Crippen LogP contribution in [0, 0.1) is 19.8 Å². The van der Waals surface area contributed by atoms with Crippen LogP contribution in [0.2, 0.25) is 0 Å². The number of rotatable bonds is 3. The van der Waals surface area contributed by atoms with Gasteiger partial charge in [-0.2, -0.15) is 0 Å². The predicted molar refractivity (Wildman–Crippen MR) is 109 cm³/mol. The van der Waals surface area contributed by atoms with E-state index in [1.165, 1.54) is 0 Å². The van der Waals surface area contributed by atoms with E-state index in [4.69, 9.17) is 9.47 Å². The van der Waals surface area contributed by atoms with Crippen molar-refractivity contribution in [1.82, 2.24) is 10.9 Å². The quantitative estimate of drug-likeness (QED) is 0.594. The summed E-state index contributed by atoms with van der Waals surface area (Å²) in [5.74, 6) is -1.20. The van der Waals surface area contributed by atoms with Gasteiger partial charge in [0.25, 0.3) is 11.8 Å². The monoisotopic (exact) mass is 409 g/mol. The number of carbonyl (C=O) groups is 3. The first-order chi connectivity index (χ1) is 14.4.